The van der Waals surface area contributed by atoms with Gasteiger partial charge in [-0.25, -0.2) is 0 Å². The number of rotatable bonds is 2. The molecule has 92 valence electrons. The molecule has 0 saturated carbocycles. The second-order valence-corrected chi connectivity index (χ2v) is 3.97. The molecule has 0 radical (unpaired) electrons. The van der Waals surface area contributed by atoms with E-state index in [-0.39, 0.29) is 12.1 Å². The third-order valence-electron chi connectivity index (χ3n) is 2.72. The Morgan fingerprint density at radius 1 is 0.875 bits per heavy atom. The summed E-state index contributed by atoms with van der Waals surface area (Å²) in [4.78, 5) is 20.3. The van der Waals surface area contributed by atoms with Crippen LogP contribution >= 0.6 is 0 Å². The fraction of sp³-hybridized carbons (Fsp3) is 0.800. The van der Waals surface area contributed by atoms with E-state index in [9.17, 15) is 9.59 Å². The highest BCUT2D eigenvalue weighted by atomic mass is 16.4. The zero-order valence-corrected chi connectivity index (χ0v) is 9.11. The van der Waals surface area contributed by atoms with Gasteiger partial charge in [-0.05, 0) is 38.8 Å². The van der Waals surface area contributed by atoms with Crippen molar-refractivity contribution in [2.45, 2.75) is 37.8 Å². The number of carboxylic acids is 2. The molecule has 2 saturated heterocycles. The highest BCUT2D eigenvalue weighted by Crippen LogP contribution is 2.04. The molecule has 0 aliphatic carbocycles. The highest BCUT2D eigenvalue weighted by Gasteiger charge is 2.20. The van der Waals surface area contributed by atoms with Crippen molar-refractivity contribution in [1.29, 1.82) is 0 Å². The third-order valence-corrected chi connectivity index (χ3v) is 2.72. The molecule has 0 bridgehead atoms. The van der Waals surface area contributed by atoms with Crippen LogP contribution in [0.2, 0.25) is 0 Å². The Morgan fingerprint density at radius 3 is 1.38 bits per heavy atom. The Hall–Kier alpha value is -1.14. The van der Waals surface area contributed by atoms with Gasteiger partial charge in [0.1, 0.15) is 12.1 Å². The number of carbonyl (C=O) groups is 2. The molecule has 2 fully saturated rings. The SMILES string of the molecule is O=C(O)[C@H]1CCCN1.O=C(O)[C@H]1CCCN1. The Labute approximate surface area is 94.0 Å². The van der Waals surface area contributed by atoms with E-state index in [1.54, 1.807) is 0 Å². The maximum absolute atomic E-state index is 10.1. The van der Waals surface area contributed by atoms with Crippen molar-refractivity contribution in [3.63, 3.8) is 0 Å². The lowest BCUT2D eigenvalue weighted by Gasteiger charge is -1.99. The predicted octanol–water partition coefficient (Wildman–Crippen LogP) is -0.354. The number of carboxylic acid groups (broad SMARTS) is 2. The van der Waals surface area contributed by atoms with Crippen molar-refractivity contribution >= 4 is 11.9 Å². The van der Waals surface area contributed by atoms with Gasteiger partial charge in [-0.15, -0.1) is 0 Å². The minimum atomic E-state index is -0.720. The van der Waals surface area contributed by atoms with E-state index in [1.165, 1.54) is 0 Å². The Morgan fingerprint density at radius 2 is 1.25 bits per heavy atom. The van der Waals surface area contributed by atoms with Gasteiger partial charge in [0.25, 0.3) is 0 Å². The third kappa shape index (κ3) is 4.16. The Balaban J connectivity index is 0.000000160. The average Bonchev–Trinajstić information content (AvgIpc) is 2.93. The van der Waals surface area contributed by atoms with Gasteiger partial charge in [-0.3, -0.25) is 9.59 Å². The quantitative estimate of drug-likeness (QED) is 0.517. The number of hydrogen-bond donors (Lipinski definition) is 4. The molecule has 0 aromatic heterocycles. The number of aliphatic carboxylic acids is 2. The van der Waals surface area contributed by atoms with Gasteiger partial charge < -0.3 is 20.8 Å². The molecule has 4 N–H and O–H groups in total. The van der Waals surface area contributed by atoms with Crippen LogP contribution < -0.4 is 10.6 Å². The zero-order chi connectivity index (χ0) is 12.0. The molecule has 2 heterocycles. The maximum atomic E-state index is 10.1. The van der Waals surface area contributed by atoms with Gasteiger partial charge in [0, 0.05) is 0 Å². The van der Waals surface area contributed by atoms with Crippen molar-refractivity contribution in [1.82, 2.24) is 10.6 Å². The Bertz CT molecular complexity index is 219. The van der Waals surface area contributed by atoms with Crippen LogP contribution in [0.4, 0.5) is 0 Å². The van der Waals surface area contributed by atoms with E-state index in [1.807, 2.05) is 0 Å². The van der Waals surface area contributed by atoms with Crippen LogP contribution in [0.5, 0.6) is 0 Å². The first kappa shape index (κ1) is 12.9. The molecule has 16 heavy (non-hydrogen) atoms. The van der Waals surface area contributed by atoms with E-state index in [2.05, 4.69) is 10.6 Å². The first-order chi connectivity index (χ1) is 7.61. The van der Waals surface area contributed by atoms with Crippen LogP contribution in [0, 0.1) is 0 Å². The van der Waals surface area contributed by atoms with Gasteiger partial charge >= 0.3 is 11.9 Å². The van der Waals surface area contributed by atoms with Crippen LogP contribution in [-0.2, 0) is 9.59 Å². The second kappa shape index (κ2) is 6.44. The maximum Gasteiger partial charge on any atom is 0.320 e. The summed E-state index contributed by atoms with van der Waals surface area (Å²) in [6.45, 7) is 1.72. The highest BCUT2D eigenvalue weighted by molar-refractivity contribution is 5.74. The molecule has 2 aliphatic rings. The van der Waals surface area contributed by atoms with Gasteiger partial charge in [0.2, 0.25) is 0 Å². The summed E-state index contributed by atoms with van der Waals surface area (Å²) in [5.74, 6) is -1.44. The summed E-state index contributed by atoms with van der Waals surface area (Å²) >= 11 is 0. The van der Waals surface area contributed by atoms with Gasteiger partial charge in [-0.1, -0.05) is 0 Å². The number of nitrogens with one attached hydrogen (secondary N) is 2. The monoisotopic (exact) mass is 230 g/mol. The first-order valence-electron chi connectivity index (χ1n) is 5.53. The second-order valence-electron chi connectivity index (χ2n) is 3.97. The molecule has 0 aromatic carbocycles. The standard InChI is InChI=1S/2C5H9NO2/c2*7-5(8)4-2-1-3-6-4/h2*4,6H,1-3H2,(H,7,8)/t2*4-/m11/s1. The van der Waals surface area contributed by atoms with Crippen LogP contribution in [0.1, 0.15) is 25.7 Å². The van der Waals surface area contributed by atoms with E-state index < -0.39 is 11.9 Å². The average molecular weight is 230 g/mol. The smallest absolute Gasteiger partial charge is 0.320 e. The molecular formula is C10H18N2O4. The van der Waals surface area contributed by atoms with Crippen molar-refractivity contribution in [3.05, 3.63) is 0 Å². The number of hydrogen-bond acceptors (Lipinski definition) is 4. The molecule has 2 rings (SSSR count). The molecule has 0 amide bonds. The lowest BCUT2D eigenvalue weighted by atomic mass is 10.2. The Kier molecular flexibility index (Phi) is 5.21. The summed E-state index contributed by atoms with van der Waals surface area (Å²) in [6.07, 6.45) is 3.57. The lowest BCUT2D eigenvalue weighted by Crippen LogP contribution is -2.29. The zero-order valence-electron chi connectivity index (χ0n) is 9.11. The summed E-state index contributed by atoms with van der Waals surface area (Å²) in [7, 11) is 0. The molecule has 0 aromatic rings. The first-order valence-corrected chi connectivity index (χ1v) is 5.53. The minimum absolute atomic E-state index is 0.269. The fourth-order valence-corrected chi connectivity index (χ4v) is 1.79. The topological polar surface area (TPSA) is 98.7 Å². The summed E-state index contributed by atoms with van der Waals surface area (Å²) in [5, 5.41) is 22.4. The molecule has 2 atom stereocenters. The summed E-state index contributed by atoms with van der Waals surface area (Å²) in [5.41, 5.74) is 0. The van der Waals surface area contributed by atoms with Crippen LogP contribution in [0.15, 0.2) is 0 Å². The molecule has 6 heteroatoms. The fourth-order valence-electron chi connectivity index (χ4n) is 1.79. The molecular weight excluding hydrogens is 212 g/mol. The lowest BCUT2D eigenvalue weighted by molar-refractivity contribution is -0.140. The van der Waals surface area contributed by atoms with Gasteiger partial charge in [-0.2, -0.15) is 0 Å². The summed E-state index contributed by atoms with van der Waals surface area (Å²) < 4.78 is 0. The van der Waals surface area contributed by atoms with E-state index >= 15 is 0 Å². The molecule has 0 unspecified atom stereocenters. The van der Waals surface area contributed by atoms with Gasteiger partial charge in [0.05, 0.1) is 0 Å². The van der Waals surface area contributed by atoms with E-state index in [4.69, 9.17) is 10.2 Å². The largest absolute Gasteiger partial charge is 0.480 e. The van der Waals surface area contributed by atoms with Crippen LogP contribution in [0.25, 0.3) is 0 Å². The van der Waals surface area contributed by atoms with Crippen LogP contribution in [-0.4, -0.2) is 47.3 Å². The van der Waals surface area contributed by atoms with E-state index in [0.29, 0.717) is 0 Å². The minimum Gasteiger partial charge on any atom is -0.480 e. The van der Waals surface area contributed by atoms with Crippen molar-refractivity contribution in [2.24, 2.45) is 0 Å². The molecule has 6 nitrogen and oxygen atoms in total. The van der Waals surface area contributed by atoms with Crippen molar-refractivity contribution in [3.8, 4) is 0 Å². The van der Waals surface area contributed by atoms with Gasteiger partial charge in [0.15, 0.2) is 0 Å². The van der Waals surface area contributed by atoms with Crippen molar-refractivity contribution < 1.29 is 19.8 Å². The van der Waals surface area contributed by atoms with Crippen LogP contribution in [0.3, 0.4) is 0 Å². The summed E-state index contributed by atoms with van der Waals surface area (Å²) in [6, 6.07) is -0.537. The molecule has 0 spiro atoms. The van der Waals surface area contributed by atoms with E-state index in [0.717, 1.165) is 38.8 Å². The predicted molar refractivity (Wildman–Crippen MR) is 57.3 cm³/mol. The molecule has 2 aliphatic heterocycles. The normalized spacial score (nSPS) is 28.2. The van der Waals surface area contributed by atoms with Crippen molar-refractivity contribution in [2.75, 3.05) is 13.1 Å².